The van der Waals surface area contributed by atoms with E-state index in [1.807, 2.05) is 0 Å². The Morgan fingerprint density at radius 2 is 1.69 bits per heavy atom. The first-order valence-corrected chi connectivity index (χ1v) is 6.63. The lowest BCUT2D eigenvalue weighted by atomic mass is 9.91. The molecule has 1 aromatic rings. The fraction of sp³-hybridized carbons (Fsp3) is 0.571. The molecule has 2 rings (SSSR count). The molecule has 1 aliphatic rings. The second kappa shape index (κ2) is 5.24. The highest BCUT2D eigenvalue weighted by Crippen LogP contribution is 2.27. The summed E-state index contributed by atoms with van der Waals surface area (Å²) >= 11 is 4.69. The number of hydrogen-bond acceptors (Lipinski definition) is 2. The van der Waals surface area contributed by atoms with Crippen LogP contribution in [0.1, 0.15) is 19.4 Å². The molecule has 0 amide bonds. The van der Waals surface area contributed by atoms with Crippen molar-refractivity contribution in [3.05, 3.63) is 35.9 Å². The van der Waals surface area contributed by atoms with E-state index in [9.17, 15) is 0 Å². The van der Waals surface area contributed by atoms with Crippen LogP contribution in [-0.2, 0) is 6.54 Å². The quantitative estimate of drug-likeness (QED) is 0.771. The smallest absolute Gasteiger partial charge is 0.0233 e. The normalized spacial score (nSPS) is 31.6. The van der Waals surface area contributed by atoms with Crippen LogP contribution in [0.25, 0.3) is 0 Å². The van der Waals surface area contributed by atoms with Crippen LogP contribution in [-0.4, -0.2) is 23.2 Å². The highest BCUT2D eigenvalue weighted by atomic mass is 32.1. The van der Waals surface area contributed by atoms with Gasteiger partial charge < -0.3 is 0 Å². The van der Waals surface area contributed by atoms with Gasteiger partial charge in [-0.1, -0.05) is 44.2 Å². The molecular weight excluding hydrogens is 214 g/mol. The first kappa shape index (κ1) is 12.0. The molecule has 88 valence electrons. The summed E-state index contributed by atoms with van der Waals surface area (Å²) in [5.41, 5.74) is 1.42. The van der Waals surface area contributed by atoms with E-state index in [0.29, 0.717) is 17.1 Å². The van der Waals surface area contributed by atoms with E-state index in [1.165, 1.54) is 18.7 Å². The summed E-state index contributed by atoms with van der Waals surface area (Å²) in [6.07, 6.45) is 0. The molecule has 2 unspecified atom stereocenters. The predicted octanol–water partition coefficient (Wildman–Crippen LogP) is 3.07. The standard InChI is InChI=1S/C14H21NS/c1-11-8-15(9-12(2)14(11)16)10-13-6-4-3-5-7-13/h3-7,11-12,14,16H,8-10H2,1-2H3. The molecule has 0 aromatic heterocycles. The molecule has 1 fully saturated rings. The fourth-order valence-corrected chi connectivity index (χ4v) is 2.83. The Balaban J connectivity index is 1.97. The van der Waals surface area contributed by atoms with Crippen molar-refractivity contribution in [2.24, 2.45) is 11.8 Å². The number of thiol groups is 1. The van der Waals surface area contributed by atoms with Gasteiger partial charge in [0.1, 0.15) is 0 Å². The summed E-state index contributed by atoms with van der Waals surface area (Å²) in [6.45, 7) is 8.05. The van der Waals surface area contributed by atoms with E-state index >= 15 is 0 Å². The predicted molar refractivity (Wildman–Crippen MR) is 72.8 cm³/mol. The highest BCUT2D eigenvalue weighted by molar-refractivity contribution is 7.81. The van der Waals surface area contributed by atoms with Gasteiger partial charge in [-0.2, -0.15) is 12.6 Å². The van der Waals surface area contributed by atoms with Crippen LogP contribution in [0.4, 0.5) is 0 Å². The average Bonchev–Trinajstić information content (AvgIpc) is 2.27. The molecule has 0 bridgehead atoms. The third kappa shape index (κ3) is 2.80. The minimum Gasteiger partial charge on any atom is -0.298 e. The molecule has 1 aromatic carbocycles. The van der Waals surface area contributed by atoms with Crippen molar-refractivity contribution < 1.29 is 0 Å². The Labute approximate surface area is 104 Å². The lowest BCUT2D eigenvalue weighted by Crippen LogP contribution is -2.44. The summed E-state index contributed by atoms with van der Waals surface area (Å²) in [7, 11) is 0. The van der Waals surface area contributed by atoms with E-state index in [0.717, 1.165) is 6.54 Å². The molecule has 0 aliphatic carbocycles. The van der Waals surface area contributed by atoms with Gasteiger partial charge in [0.25, 0.3) is 0 Å². The van der Waals surface area contributed by atoms with Gasteiger partial charge in [0.15, 0.2) is 0 Å². The van der Waals surface area contributed by atoms with Crippen molar-refractivity contribution >= 4 is 12.6 Å². The molecule has 0 saturated carbocycles. The van der Waals surface area contributed by atoms with E-state index in [2.05, 4.69) is 49.1 Å². The molecule has 2 atom stereocenters. The van der Waals surface area contributed by atoms with Gasteiger partial charge in [-0.15, -0.1) is 0 Å². The van der Waals surface area contributed by atoms with Gasteiger partial charge >= 0.3 is 0 Å². The number of benzene rings is 1. The molecule has 16 heavy (non-hydrogen) atoms. The van der Waals surface area contributed by atoms with Crippen molar-refractivity contribution in [2.75, 3.05) is 13.1 Å². The van der Waals surface area contributed by atoms with E-state index in [4.69, 9.17) is 12.6 Å². The molecule has 1 heterocycles. The van der Waals surface area contributed by atoms with Crippen LogP contribution in [0.2, 0.25) is 0 Å². The minimum absolute atomic E-state index is 0.562. The van der Waals surface area contributed by atoms with Crippen molar-refractivity contribution in [1.29, 1.82) is 0 Å². The molecule has 0 N–H and O–H groups in total. The molecule has 0 spiro atoms. The summed E-state index contributed by atoms with van der Waals surface area (Å²) in [5, 5.41) is 0.562. The van der Waals surface area contributed by atoms with Crippen molar-refractivity contribution in [2.45, 2.75) is 25.6 Å². The molecule has 1 saturated heterocycles. The van der Waals surface area contributed by atoms with Gasteiger partial charge in [0.2, 0.25) is 0 Å². The van der Waals surface area contributed by atoms with Gasteiger partial charge in [0.05, 0.1) is 0 Å². The van der Waals surface area contributed by atoms with Crippen LogP contribution >= 0.6 is 12.6 Å². The van der Waals surface area contributed by atoms with Crippen LogP contribution < -0.4 is 0 Å². The number of hydrogen-bond donors (Lipinski definition) is 1. The van der Waals surface area contributed by atoms with Crippen LogP contribution in [0, 0.1) is 11.8 Å². The molecule has 1 aliphatic heterocycles. The fourth-order valence-electron chi connectivity index (χ4n) is 2.64. The first-order valence-electron chi connectivity index (χ1n) is 6.11. The van der Waals surface area contributed by atoms with Gasteiger partial charge in [-0.25, -0.2) is 0 Å². The maximum absolute atomic E-state index is 4.69. The molecule has 1 nitrogen and oxygen atoms in total. The second-order valence-electron chi connectivity index (χ2n) is 5.12. The lowest BCUT2D eigenvalue weighted by molar-refractivity contribution is 0.141. The zero-order valence-electron chi connectivity index (χ0n) is 10.1. The van der Waals surface area contributed by atoms with Crippen molar-refractivity contribution in [3.8, 4) is 0 Å². The van der Waals surface area contributed by atoms with Crippen LogP contribution in [0.15, 0.2) is 30.3 Å². The van der Waals surface area contributed by atoms with Crippen LogP contribution in [0.5, 0.6) is 0 Å². The summed E-state index contributed by atoms with van der Waals surface area (Å²) in [5.74, 6) is 1.38. The Bertz CT molecular complexity index is 313. The lowest BCUT2D eigenvalue weighted by Gasteiger charge is -2.39. The molecule has 0 radical (unpaired) electrons. The third-order valence-corrected chi connectivity index (χ3v) is 4.53. The first-order chi connectivity index (χ1) is 7.66. The minimum atomic E-state index is 0.562. The number of likely N-dealkylation sites (tertiary alicyclic amines) is 1. The number of rotatable bonds is 2. The average molecular weight is 235 g/mol. The van der Waals surface area contributed by atoms with Crippen molar-refractivity contribution in [1.82, 2.24) is 4.90 Å². The Morgan fingerprint density at radius 1 is 1.12 bits per heavy atom. The second-order valence-corrected chi connectivity index (χ2v) is 5.72. The SMILES string of the molecule is CC1CN(Cc2ccccc2)CC(C)C1S. The third-order valence-electron chi connectivity index (χ3n) is 3.51. The van der Waals surface area contributed by atoms with Gasteiger partial charge in [0, 0.05) is 24.9 Å². The van der Waals surface area contributed by atoms with E-state index < -0.39 is 0 Å². The van der Waals surface area contributed by atoms with Gasteiger partial charge in [-0.05, 0) is 17.4 Å². The van der Waals surface area contributed by atoms with E-state index in [-0.39, 0.29) is 0 Å². The zero-order chi connectivity index (χ0) is 11.5. The largest absolute Gasteiger partial charge is 0.298 e. The van der Waals surface area contributed by atoms with Crippen molar-refractivity contribution in [3.63, 3.8) is 0 Å². The maximum Gasteiger partial charge on any atom is 0.0233 e. The van der Waals surface area contributed by atoms with E-state index in [1.54, 1.807) is 0 Å². The Morgan fingerprint density at radius 3 is 2.25 bits per heavy atom. The summed E-state index contributed by atoms with van der Waals surface area (Å²) in [6, 6.07) is 10.7. The maximum atomic E-state index is 4.69. The summed E-state index contributed by atoms with van der Waals surface area (Å²) < 4.78 is 0. The Kier molecular flexibility index (Phi) is 3.93. The number of nitrogens with zero attached hydrogens (tertiary/aromatic N) is 1. The molecule has 2 heteroatoms. The van der Waals surface area contributed by atoms with Gasteiger partial charge in [-0.3, -0.25) is 4.90 Å². The Hall–Kier alpha value is -0.470. The van der Waals surface area contributed by atoms with Crippen LogP contribution in [0.3, 0.4) is 0 Å². The summed E-state index contributed by atoms with van der Waals surface area (Å²) in [4.78, 5) is 2.55. The highest BCUT2D eigenvalue weighted by Gasteiger charge is 2.28. The topological polar surface area (TPSA) is 3.24 Å². The zero-order valence-corrected chi connectivity index (χ0v) is 11.0. The monoisotopic (exact) mass is 235 g/mol. The molecular formula is C14H21NS. The number of piperidine rings is 1.